The van der Waals surface area contributed by atoms with Gasteiger partial charge >= 0.3 is 0 Å². The molecule has 3 fully saturated rings. The summed E-state index contributed by atoms with van der Waals surface area (Å²) in [5.41, 5.74) is 29.5. The van der Waals surface area contributed by atoms with Gasteiger partial charge in [0.2, 0.25) is 5.91 Å². The number of aliphatic imine (C=N–C) groups is 1. The van der Waals surface area contributed by atoms with Crippen LogP contribution in [0.5, 0.6) is 0 Å². The molecule has 1 aliphatic carbocycles. The van der Waals surface area contributed by atoms with Gasteiger partial charge in [-0.3, -0.25) is 9.79 Å². The number of aliphatic hydroxyl groups is 6. The van der Waals surface area contributed by atoms with Gasteiger partial charge in [0.05, 0.1) is 37.4 Å². The van der Waals surface area contributed by atoms with Crippen LogP contribution in [0, 0.1) is 0 Å². The van der Waals surface area contributed by atoms with Crippen molar-refractivity contribution in [1.82, 2.24) is 5.32 Å². The van der Waals surface area contributed by atoms with Crippen molar-refractivity contribution in [2.24, 2.45) is 33.7 Å². The molecule has 3 aliphatic rings. The van der Waals surface area contributed by atoms with E-state index in [0.717, 1.165) is 0 Å². The average molecular weight is 610 g/mol. The summed E-state index contributed by atoms with van der Waals surface area (Å²) in [5.74, 6) is -0.741. The molecule has 0 radical (unpaired) electrons. The van der Waals surface area contributed by atoms with Gasteiger partial charge in [-0.25, -0.2) is 0 Å². The van der Waals surface area contributed by atoms with E-state index in [2.05, 4.69) is 10.3 Å². The number of hydrogen-bond donors (Lipinski definition) is 12. The number of nitrogens with zero attached hydrogens (tertiary/aromatic N) is 1. The number of nitrogens with two attached hydrogens (primary N) is 5. The Hall–Kier alpha value is -1.62. The molecular formula is C24H47N7O11. The van der Waals surface area contributed by atoms with E-state index in [-0.39, 0.29) is 31.8 Å². The number of carbonyl (C=O) groups excluding carboxylic acids is 1. The topological polar surface area (TPSA) is 330 Å². The molecule has 0 spiro atoms. The van der Waals surface area contributed by atoms with Crippen LogP contribution in [0.25, 0.3) is 0 Å². The minimum atomic E-state index is -1.58. The van der Waals surface area contributed by atoms with E-state index in [4.69, 9.17) is 52.7 Å². The molecule has 42 heavy (non-hydrogen) atoms. The number of ether oxygens (including phenoxy) is 4. The SMILES string of the molecule is NCC[C@H](O)C(=O)N[C@@H]1C[C@H](N)C(O[C@H]2O[C@H](CN=C(N)CO)CCC2N)C(O)C1O[C@H]1OC(CO)C(O)[C@H](N)C1O. The van der Waals surface area contributed by atoms with E-state index in [9.17, 15) is 30.3 Å². The zero-order chi connectivity index (χ0) is 31.1. The second kappa shape index (κ2) is 15.9. The fraction of sp³-hybridized carbons (Fsp3) is 0.917. The molecule has 7 unspecified atom stereocenters. The van der Waals surface area contributed by atoms with Crippen LogP contribution < -0.4 is 34.0 Å². The van der Waals surface area contributed by atoms with Crippen LogP contribution in [-0.4, -0.2) is 154 Å². The fourth-order valence-corrected chi connectivity index (χ4v) is 5.25. The summed E-state index contributed by atoms with van der Waals surface area (Å²) >= 11 is 0. The van der Waals surface area contributed by atoms with Crippen LogP contribution in [0.15, 0.2) is 4.99 Å². The van der Waals surface area contributed by atoms with E-state index >= 15 is 0 Å². The Kier molecular flexibility index (Phi) is 13.2. The van der Waals surface area contributed by atoms with E-state index in [1.54, 1.807) is 0 Å². The Morgan fingerprint density at radius 2 is 1.67 bits per heavy atom. The normalized spacial score (nSPS) is 42.2. The first-order valence-corrected chi connectivity index (χ1v) is 14.0. The largest absolute Gasteiger partial charge is 0.394 e. The lowest BCUT2D eigenvalue weighted by atomic mass is 9.83. The standard InChI is InChI=1S/C24H47N7O11/c25-4-3-13(34)22(38)31-12-5-11(27)20(41-23-10(26)2-1-9(39-23)6-30-15(28)8-33)19(37)21(12)42-24-18(36)16(29)17(35)14(7-32)40-24/h9-14,16-21,23-24,32-37H,1-8,25-27,29H2,(H2,28,30)(H,31,38)/t9-,10?,11-,12+,13-,14?,16-,17?,18?,19?,20?,21?,23+,24+/m0/s1. The quantitative estimate of drug-likeness (QED) is 0.0722. The first kappa shape index (κ1) is 34.9. The Morgan fingerprint density at radius 1 is 0.976 bits per heavy atom. The van der Waals surface area contributed by atoms with Gasteiger partial charge in [-0.2, -0.15) is 0 Å². The van der Waals surface area contributed by atoms with Gasteiger partial charge < -0.3 is 83.6 Å². The van der Waals surface area contributed by atoms with E-state index < -0.39 is 105 Å². The van der Waals surface area contributed by atoms with Crippen LogP contribution >= 0.6 is 0 Å². The third-order valence-electron chi connectivity index (χ3n) is 7.77. The second-order valence-electron chi connectivity index (χ2n) is 10.9. The van der Waals surface area contributed by atoms with Crippen molar-refractivity contribution >= 4 is 11.7 Å². The highest BCUT2D eigenvalue weighted by atomic mass is 16.7. The minimum Gasteiger partial charge on any atom is -0.394 e. The second-order valence-corrected chi connectivity index (χ2v) is 10.9. The summed E-state index contributed by atoms with van der Waals surface area (Å²) < 4.78 is 23.5. The molecule has 2 heterocycles. The number of carbonyl (C=O) groups is 1. The van der Waals surface area contributed by atoms with Gasteiger partial charge in [-0.15, -0.1) is 0 Å². The summed E-state index contributed by atoms with van der Waals surface area (Å²) in [5, 5.41) is 63.7. The molecule has 0 aromatic heterocycles. The molecule has 0 aromatic rings. The first-order chi connectivity index (χ1) is 19.9. The predicted molar refractivity (Wildman–Crippen MR) is 145 cm³/mol. The summed E-state index contributed by atoms with van der Waals surface area (Å²) in [6.07, 6.45) is -11.6. The average Bonchev–Trinajstić information content (AvgIpc) is 2.97. The number of aliphatic hydroxyl groups excluding tert-OH is 6. The molecule has 3 rings (SSSR count). The summed E-state index contributed by atoms with van der Waals surface area (Å²) in [6.45, 7) is -0.844. The van der Waals surface area contributed by atoms with Crippen molar-refractivity contribution in [2.75, 3.05) is 26.3 Å². The van der Waals surface area contributed by atoms with Crippen molar-refractivity contribution in [3.63, 3.8) is 0 Å². The van der Waals surface area contributed by atoms with Crippen LogP contribution in [0.2, 0.25) is 0 Å². The summed E-state index contributed by atoms with van der Waals surface area (Å²) in [4.78, 5) is 16.7. The van der Waals surface area contributed by atoms with Gasteiger partial charge in [-0.05, 0) is 32.2 Å². The zero-order valence-corrected chi connectivity index (χ0v) is 23.3. The lowest BCUT2D eigenvalue weighted by Gasteiger charge is -2.48. The van der Waals surface area contributed by atoms with Gasteiger partial charge in [0.15, 0.2) is 12.6 Å². The Morgan fingerprint density at radius 3 is 2.31 bits per heavy atom. The molecule has 0 aromatic carbocycles. The smallest absolute Gasteiger partial charge is 0.249 e. The molecule has 0 bridgehead atoms. The number of nitrogens with one attached hydrogen (secondary N) is 1. The van der Waals surface area contributed by atoms with Crippen molar-refractivity contribution in [3.8, 4) is 0 Å². The lowest BCUT2D eigenvalue weighted by Crippen LogP contribution is -2.69. The molecule has 2 aliphatic heterocycles. The van der Waals surface area contributed by atoms with Crippen LogP contribution in [-0.2, 0) is 23.7 Å². The fourth-order valence-electron chi connectivity index (χ4n) is 5.25. The number of amidine groups is 1. The molecule has 18 heteroatoms. The van der Waals surface area contributed by atoms with Gasteiger partial charge in [0.1, 0.15) is 55.2 Å². The Labute approximate surface area is 243 Å². The maximum absolute atomic E-state index is 12.7. The third kappa shape index (κ3) is 8.51. The maximum Gasteiger partial charge on any atom is 0.249 e. The number of hydrogen-bond acceptors (Lipinski definition) is 16. The third-order valence-corrected chi connectivity index (χ3v) is 7.77. The molecule has 244 valence electrons. The minimum absolute atomic E-state index is 0.0168. The predicted octanol–water partition coefficient (Wildman–Crippen LogP) is -7.01. The highest BCUT2D eigenvalue weighted by Crippen LogP contribution is 2.31. The van der Waals surface area contributed by atoms with E-state index in [1.165, 1.54) is 0 Å². The molecular weight excluding hydrogens is 562 g/mol. The molecule has 1 saturated carbocycles. The number of rotatable bonds is 12. The highest BCUT2D eigenvalue weighted by molar-refractivity contribution is 5.81. The summed E-state index contributed by atoms with van der Waals surface area (Å²) in [6, 6.07) is -3.74. The zero-order valence-electron chi connectivity index (χ0n) is 23.3. The maximum atomic E-state index is 12.7. The molecule has 17 N–H and O–H groups in total. The lowest BCUT2D eigenvalue weighted by molar-refractivity contribution is -0.314. The monoisotopic (exact) mass is 609 g/mol. The van der Waals surface area contributed by atoms with Crippen molar-refractivity contribution in [2.45, 2.75) is 111 Å². The van der Waals surface area contributed by atoms with Crippen LogP contribution in [0.3, 0.4) is 0 Å². The molecule has 14 atom stereocenters. The molecule has 18 nitrogen and oxygen atoms in total. The highest BCUT2D eigenvalue weighted by Gasteiger charge is 2.51. The van der Waals surface area contributed by atoms with Gasteiger partial charge in [0, 0.05) is 6.04 Å². The van der Waals surface area contributed by atoms with Crippen molar-refractivity contribution < 1.29 is 54.4 Å². The Bertz CT molecular complexity index is 890. The van der Waals surface area contributed by atoms with Crippen molar-refractivity contribution in [3.05, 3.63) is 0 Å². The summed E-state index contributed by atoms with van der Waals surface area (Å²) in [7, 11) is 0. The van der Waals surface area contributed by atoms with E-state index in [0.29, 0.717) is 12.8 Å². The first-order valence-electron chi connectivity index (χ1n) is 14.0. The van der Waals surface area contributed by atoms with Gasteiger partial charge in [0.25, 0.3) is 0 Å². The van der Waals surface area contributed by atoms with Crippen LogP contribution in [0.1, 0.15) is 25.7 Å². The van der Waals surface area contributed by atoms with Crippen molar-refractivity contribution in [1.29, 1.82) is 0 Å². The number of amides is 1. The van der Waals surface area contributed by atoms with E-state index in [1.807, 2.05) is 0 Å². The molecule has 1 amide bonds. The van der Waals surface area contributed by atoms with Crippen LogP contribution in [0.4, 0.5) is 0 Å². The molecule has 2 saturated heterocycles. The van der Waals surface area contributed by atoms with Gasteiger partial charge in [-0.1, -0.05) is 0 Å². The Balaban J connectivity index is 1.80.